The number of hydrazone groups is 1. The molecule has 0 aromatic carbocycles. The predicted molar refractivity (Wildman–Crippen MR) is 67.8 cm³/mol. The van der Waals surface area contributed by atoms with E-state index in [1.54, 1.807) is 12.1 Å². The molecule has 11 heteroatoms. The van der Waals surface area contributed by atoms with Crippen molar-refractivity contribution in [2.24, 2.45) is 5.10 Å². The molecule has 0 bridgehead atoms. The molecule has 1 aliphatic rings. The Kier molecular flexibility index (Phi) is 3.94. The number of pyridine rings is 1. The lowest BCUT2D eigenvalue weighted by molar-refractivity contribution is -0.628. The molecule has 1 aromatic rings. The zero-order valence-corrected chi connectivity index (χ0v) is 10.8. The molecule has 0 saturated carbocycles. The quantitative estimate of drug-likeness (QED) is 0.453. The van der Waals surface area contributed by atoms with Gasteiger partial charge in [-0.15, -0.1) is 0 Å². The van der Waals surface area contributed by atoms with Crippen LogP contribution >= 0.6 is 11.6 Å². The number of halogens is 1. The normalized spacial score (nSPS) is 16.8. The first-order valence-corrected chi connectivity index (χ1v) is 5.85. The third kappa shape index (κ3) is 3.09. The van der Waals surface area contributed by atoms with E-state index in [9.17, 15) is 20.2 Å². The fourth-order valence-corrected chi connectivity index (χ4v) is 1.90. The number of aromatic nitrogens is 1. The Morgan fingerprint density at radius 3 is 2.65 bits per heavy atom. The first kappa shape index (κ1) is 13.9. The Morgan fingerprint density at radius 1 is 1.35 bits per heavy atom. The standard InChI is InChI=1S/C9H9ClN6O4/c10-8-2-1-7(5-11-8)6-13-3-4-14(16(19)20)9(13)12-15(17)18/h1-2,5H,3-4,6H2. The molecule has 0 spiro atoms. The van der Waals surface area contributed by atoms with E-state index < -0.39 is 10.1 Å². The topological polar surface area (TPSA) is 118 Å². The van der Waals surface area contributed by atoms with Crippen molar-refractivity contribution >= 4 is 17.6 Å². The maximum Gasteiger partial charge on any atom is 0.335 e. The Balaban J connectivity index is 2.20. The second-order valence-corrected chi connectivity index (χ2v) is 4.30. The van der Waals surface area contributed by atoms with E-state index in [-0.39, 0.29) is 25.6 Å². The molecule has 0 atom stereocenters. The lowest BCUT2D eigenvalue weighted by Gasteiger charge is -2.15. The largest absolute Gasteiger partial charge is 0.335 e. The second kappa shape index (κ2) is 5.65. The van der Waals surface area contributed by atoms with Crippen molar-refractivity contribution in [2.45, 2.75) is 6.54 Å². The van der Waals surface area contributed by atoms with Gasteiger partial charge in [0.25, 0.3) is 0 Å². The van der Waals surface area contributed by atoms with Gasteiger partial charge in [0.1, 0.15) is 16.8 Å². The van der Waals surface area contributed by atoms with Crippen LogP contribution in [0.25, 0.3) is 0 Å². The zero-order chi connectivity index (χ0) is 14.7. The van der Waals surface area contributed by atoms with Crippen LogP contribution < -0.4 is 0 Å². The highest BCUT2D eigenvalue weighted by Crippen LogP contribution is 2.14. The van der Waals surface area contributed by atoms with Crippen LogP contribution in [-0.4, -0.2) is 44.0 Å². The van der Waals surface area contributed by atoms with Crippen LogP contribution in [-0.2, 0) is 6.54 Å². The average Bonchev–Trinajstić information content (AvgIpc) is 2.75. The van der Waals surface area contributed by atoms with Gasteiger partial charge < -0.3 is 4.90 Å². The fourth-order valence-electron chi connectivity index (χ4n) is 1.79. The van der Waals surface area contributed by atoms with Crippen LogP contribution in [0.5, 0.6) is 0 Å². The van der Waals surface area contributed by atoms with Crippen molar-refractivity contribution in [3.63, 3.8) is 0 Å². The highest BCUT2D eigenvalue weighted by atomic mass is 35.5. The van der Waals surface area contributed by atoms with E-state index >= 15 is 0 Å². The minimum Gasteiger partial charge on any atom is -0.327 e. The number of nitrogens with zero attached hydrogens (tertiary/aromatic N) is 6. The lowest BCUT2D eigenvalue weighted by Crippen LogP contribution is -2.37. The Hall–Kier alpha value is -2.49. The number of hydrazine groups is 1. The molecule has 1 saturated heterocycles. The number of guanidine groups is 1. The van der Waals surface area contributed by atoms with Gasteiger partial charge in [-0.25, -0.2) is 25.2 Å². The van der Waals surface area contributed by atoms with E-state index in [1.165, 1.54) is 11.1 Å². The minimum atomic E-state index is -0.954. The molecule has 1 aromatic heterocycles. The monoisotopic (exact) mass is 300 g/mol. The predicted octanol–water partition coefficient (Wildman–Crippen LogP) is 0.592. The summed E-state index contributed by atoms with van der Waals surface area (Å²) in [5.41, 5.74) is 0.718. The van der Waals surface area contributed by atoms with Crippen molar-refractivity contribution < 1.29 is 10.1 Å². The van der Waals surface area contributed by atoms with Gasteiger partial charge >= 0.3 is 5.96 Å². The van der Waals surface area contributed by atoms with Crippen molar-refractivity contribution in [2.75, 3.05) is 13.1 Å². The van der Waals surface area contributed by atoms with Gasteiger partial charge in [-0.2, -0.15) is 0 Å². The minimum absolute atomic E-state index is 0.0285. The van der Waals surface area contributed by atoms with Gasteiger partial charge in [-0.1, -0.05) is 22.7 Å². The average molecular weight is 301 g/mol. The summed E-state index contributed by atoms with van der Waals surface area (Å²) in [6.07, 6.45) is 1.50. The summed E-state index contributed by atoms with van der Waals surface area (Å²) in [5.74, 6) is -0.296. The molecule has 0 aliphatic carbocycles. The third-order valence-corrected chi connectivity index (χ3v) is 2.85. The van der Waals surface area contributed by atoms with Gasteiger partial charge in [-0.05, 0) is 11.6 Å². The lowest BCUT2D eigenvalue weighted by atomic mass is 10.3. The summed E-state index contributed by atoms with van der Waals surface area (Å²) in [6, 6.07) is 3.26. The maximum atomic E-state index is 10.8. The van der Waals surface area contributed by atoms with Gasteiger partial charge in [0.05, 0.1) is 0 Å². The first-order chi connectivity index (χ1) is 9.47. The maximum absolute atomic E-state index is 10.8. The van der Waals surface area contributed by atoms with E-state index in [0.29, 0.717) is 10.2 Å². The van der Waals surface area contributed by atoms with Crippen LogP contribution in [0.3, 0.4) is 0 Å². The van der Waals surface area contributed by atoms with Crippen LogP contribution in [0.1, 0.15) is 5.56 Å². The molecular formula is C9H9ClN6O4. The molecule has 20 heavy (non-hydrogen) atoms. The zero-order valence-electron chi connectivity index (χ0n) is 10.0. The van der Waals surface area contributed by atoms with Crippen molar-refractivity contribution in [3.8, 4) is 0 Å². The molecule has 1 aliphatic heterocycles. The van der Waals surface area contributed by atoms with Crippen LogP contribution in [0, 0.1) is 20.2 Å². The first-order valence-electron chi connectivity index (χ1n) is 5.47. The summed E-state index contributed by atoms with van der Waals surface area (Å²) >= 11 is 5.66. The summed E-state index contributed by atoms with van der Waals surface area (Å²) in [6.45, 7) is 0.512. The summed E-state index contributed by atoms with van der Waals surface area (Å²) in [5, 5.41) is 23.7. The van der Waals surface area contributed by atoms with Gasteiger partial charge in [0, 0.05) is 19.3 Å². The van der Waals surface area contributed by atoms with E-state index in [2.05, 4.69) is 10.1 Å². The molecular weight excluding hydrogens is 292 g/mol. The van der Waals surface area contributed by atoms with E-state index in [1.807, 2.05) is 0 Å². The number of nitro groups is 2. The molecule has 0 N–H and O–H groups in total. The van der Waals surface area contributed by atoms with Crippen molar-refractivity contribution in [3.05, 3.63) is 49.3 Å². The second-order valence-electron chi connectivity index (χ2n) is 3.91. The summed E-state index contributed by atoms with van der Waals surface area (Å²) in [4.78, 5) is 26.6. The number of hydrogen-bond acceptors (Lipinski definition) is 5. The Labute approximate surface area is 117 Å². The van der Waals surface area contributed by atoms with Gasteiger partial charge in [0.15, 0.2) is 10.1 Å². The molecule has 0 radical (unpaired) electrons. The van der Waals surface area contributed by atoms with Gasteiger partial charge in [-0.3, -0.25) is 0 Å². The Bertz CT molecular complexity index is 562. The highest BCUT2D eigenvalue weighted by molar-refractivity contribution is 6.29. The number of hydrogen-bond donors (Lipinski definition) is 0. The molecule has 0 unspecified atom stereocenters. The summed E-state index contributed by atoms with van der Waals surface area (Å²) < 4.78 is 0. The van der Waals surface area contributed by atoms with Gasteiger partial charge in [0.2, 0.25) is 0 Å². The molecule has 2 heterocycles. The third-order valence-electron chi connectivity index (χ3n) is 2.63. The van der Waals surface area contributed by atoms with Crippen LogP contribution in [0.15, 0.2) is 23.4 Å². The van der Waals surface area contributed by atoms with Crippen molar-refractivity contribution in [1.29, 1.82) is 0 Å². The molecule has 10 nitrogen and oxygen atoms in total. The Morgan fingerprint density at radius 2 is 2.10 bits per heavy atom. The summed E-state index contributed by atoms with van der Waals surface area (Å²) in [7, 11) is 0. The molecule has 106 valence electrons. The molecule has 1 fully saturated rings. The smallest absolute Gasteiger partial charge is 0.327 e. The SMILES string of the molecule is O=[N+]([O-])N=C1N(Cc2ccc(Cl)nc2)CCN1[N+](=O)[O-]. The van der Waals surface area contributed by atoms with E-state index in [0.717, 1.165) is 5.56 Å². The molecule has 0 amide bonds. The molecule has 2 rings (SSSR count). The van der Waals surface area contributed by atoms with Crippen molar-refractivity contribution in [1.82, 2.24) is 14.9 Å². The highest BCUT2D eigenvalue weighted by Gasteiger charge is 2.37. The fraction of sp³-hybridized carbons (Fsp3) is 0.333. The number of rotatable bonds is 4. The van der Waals surface area contributed by atoms with Crippen LogP contribution in [0.2, 0.25) is 5.15 Å². The van der Waals surface area contributed by atoms with Crippen LogP contribution in [0.4, 0.5) is 0 Å². The van der Waals surface area contributed by atoms with E-state index in [4.69, 9.17) is 11.6 Å².